The third kappa shape index (κ3) is 3.96. The van der Waals surface area contributed by atoms with Gasteiger partial charge in [-0.05, 0) is 36.8 Å². The standard InChI is InChI=1S/C21H18N2O/c1-16-11-13-17(14-12-16)15-22-20-10-6-5-9-19(20)21(24)23-18-7-3-2-4-8-18/h2-15H,1H3,(H,23,24). The van der Waals surface area contributed by atoms with E-state index in [-0.39, 0.29) is 5.91 Å². The highest BCUT2D eigenvalue weighted by Gasteiger charge is 2.10. The highest BCUT2D eigenvalue weighted by molar-refractivity contribution is 6.08. The number of carbonyl (C=O) groups is 1. The van der Waals surface area contributed by atoms with Crippen molar-refractivity contribution >= 4 is 23.5 Å². The third-order valence-electron chi connectivity index (χ3n) is 3.61. The number of hydrogen-bond donors (Lipinski definition) is 1. The highest BCUT2D eigenvalue weighted by Crippen LogP contribution is 2.20. The van der Waals surface area contributed by atoms with Crippen molar-refractivity contribution in [3.05, 3.63) is 95.6 Å². The molecule has 1 N–H and O–H groups in total. The van der Waals surface area contributed by atoms with Gasteiger partial charge < -0.3 is 5.32 Å². The van der Waals surface area contributed by atoms with E-state index < -0.39 is 0 Å². The number of hydrogen-bond acceptors (Lipinski definition) is 2. The van der Waals surface area contributed by atoms with Crippen LogP contribution in [0.3, 0.4) is 0 Å². The second-order valence-corrected chi connectivity index (χ2v) is 5.51. The fourth-order valence-electron chi connectivity index (χ4n) is 2.29. The summed E-state index contributed by atoms with van der Waals surface area (Å²) in [7, 11) is 0. The molecule has 0 radical (unpaired) electrons. The normalized spacial score (nSPS) is 10.7. The Morgan fingerprint density at radius 3 is 2.29 bits per heavy atom. The second-order valence-electron chi connectivity index (χ2n) is 5.51. The topological polar surface area (TPSA) is 41.5 Å². The zero-order chi connectivity index (χ0) is 16.8. The number of anilines is 1. The number of para-hydroxylation sites is 2. The molecule has 0 aliphatic rings. The average Bonchev–Trinajstić information content (AvgIpc) is 2.62. The Balaban J connectivity index is 1.82. The van der Waals surface area contributed by atoms with Crippen LogP contribution in [0.2, 0.25) is 0 Å². The maximum Gasteiger partial charge on any atom is 0.257 e. The van der Waals surface area contributed by atoms with Gasteiger partial charge in [-0.3, -0.25) is 9.79 Å². The van der Waals surface area contributed by atoms with E-state index in [2.05, 4.69) is 10.3 Å². The summed E-state index contributed by atoms with van der Waals surface area (Å²) in [6, 6.07) is 24.8. The summed E-state index contributed by atoms with van der Waals surface area (Å²) >= 11 is 0. The third-order valence-corrected chi connectivity index (χ3v) is 3.61. The number of amides is 1. The Bertz CT molecular complexity index is 853. The molecular weight excluding hydrogens is 296 g/mol. The molecule has 3 aromatic carbocycles. The van der Waals surface area contributed by atoms with Crippen LogP contribution in [0.15, 0.2) is 83.9 Å². The van der Waals surface area contributed by atoms with E-state index in [0.29, 0.717) is 11.3 Å². The van der Waals surface area contributed by atoms with Crippen LogP contribution in [0, 0.1) is 6.92 Å². The van der Waals surface area contributed by atoms with Crippen LogP contribution in [-0.2, 0) is 0 Å². The molecular formula is C21H18N2O. The Hall–Kier alpha value is -3.20. The van der Waals surface area contributed by atoms with E-state index >= 15 is 0 Å². The molecule has 0 aliphatic heterocycles. The van der Waals surface area contributed by atoms with Gasteiger partial charge in [0, 0.05) is 11.9 Å². The minimum atomic E-state index is -0.169. The number of carbonyl (C=O) groups excluding carboxylic acids is 1. The van der Waals surface area contributed by atoms with Crippen LogP contribution >= 0.6 is 0 Å². The van der Waals surface area contributed by atoms with Crippen LogP contribution in [0.25, 0.3) is 0 Å². The Morgan fingerprint density at radius 1 is 0.875 bits per heavy atom. The zero-order valence-corrected chi connectivity index (χ0v) is 13.4. The van der Waals surface area contributed by atoms with Crippen molar-refractivity contribution in [1.29, 1.82) is 0 Å². The number of nitrogens with zero attached hydrogens (tertiary/aromatic N) is 1. The second kappa shape index (κ2) is 7.38. The van der Waals surface area contributed by atoms with Gasteiger partial charge in [0.25, 0.3) is 5.91 Å². The molecule has 24 heavy (non-hydrogen) atoms. The molecule has 0 unspecified atom stereocenters. The van der Waals surface area contributed by atoms with E-state index in [9.17, 15) is 4.79 Å². The van der Waals surface area contributed by atoms with Crippen molar-refractivity contribution in [2.45, 2.75) is 6.92 Å². The summed E-state index contributed by atoms with van der Waals surface area (Å²) in [4.78, 5) is 17.0. The maximum absolute atomic E-state index is 12.5. The summed E-state index contributed by atoms with van der Waals surface area (Å²) < 4.78 is 0. The summed E-state index contributed by atoms with van der Waals surface area (Å²) in [6.07, 6.45) is 1.77. The first-order valence-corrected chi connectivity index (χ1v) is 7.78. The molecule has 0 spiro atoms. The first-order chi connectivity index (χ1) is 11.7. The largest absolute Gasteiger partial charge is 0.322 e. The van der Waals surface area contributed by atoms with Gasteiger partial charge in [0.15, 0.2) is 0 Å². The molecule has 0 aromatic heterocycles. The minimum absolute atomic E-state index is 0.169. The maximum atomic E-state index is 12.5. The van der Waals surface area contributed by atoms with Crippen LogP contribution in [0.4, 0.5) is 11.4 Å². The Kier molecular flexibility index (Phi) is 4.82. The highest BCUT2D eigenvalue weighted by atomic mass is 16.1. The summed E-state index contributed by atoms with van der Waals surface area (Å²) in [6.45, 7) is 2.05. The molecule has 0 atom stereocenters. The molecule has 0 aliphatic carbocycles. The number of rotatable bonds is 4. The van der Waals surface area contributed by atoms with Gasteiger partial charge in [-0.1, -0.05) is 60.2 Å². The minimum Gasteiger partial charge on any atom is -0.322 e. The number of aryl methyl sites for hydroxylation is 1. The number of benzene rings is 3. The smallest absolute Gasteiger partial charge is 0.257 e. The lowest BCUT2D eigenvalue weighted by Gasteiger charge is -2.07. The fourth-order valence-corrected chi connectivity index (χ4v) is 2.29. The zero-order valence-electron chi connectivity index (χ0n) is 13.4. The SMILES string of the molecule is Cc1ccc(C=Nc2ccccc2C(=O)Nc2ccccc2)cc1. The lowest BCUT2D eigenvalue weighted by atomic mass is 10.1. The molecule has 3 rings (SSSR count). The van der Waals surface area contributed by atoms with E-state index in [1.807, 2.05) is 79.7 Å². The van der Waals surface area contributed by atoms with E-state index in [0.717, 1.165) is 11.3 Å². The van der Waals surface area contributed by atoms with Crippen LogP contribution < -0.4 is 5.32 Å². The summed E-state index contributed by atoms with van der Waals surface area (Å²) in [5.74, 6) is -0.169. The van der Waals surface area contributed by atoms with Crippen molar-refractivity contribution in [3.63, 3.8) is 0 Å². The summed E-state index contributed by atoms with van der Waals surface area (Å²) in [5.41, 5.74) is 4.16. The molecule has 0 saturated carbocycles. The predicted molar refractivity (Wildman–Crippen MR) is 99.3 cm³/mol. The van der Waals surface area contributed by atoms with Crippen LogP contribution in [0.1, 0.15) is 21.5 Å². The van der Waals surface area contributed by atoms with Gasteiger partial charge in [0.05, 0.1) is 11.3 Å². The number of aliphatic imine (C=N–C) groups is 1. The van der Waals surface area contributed by atoms with Crippen molar-refractivity contribution in [3.8, 4) is 0 Å². The van der Waals surface area contributed by atoms with Gasteiger partial charge >= 0.3 is 0 Å². The Morgan fingerprint density at radius 2 is 1.54 bits per heavy atom. The van der Waals surface area contributed by atoms with E-state index in [1.54, 1.807) is 12.3 Å². The molecule has 0 saturated heterocycles. The van der Waals surface area contributed by atoms with Gasteiger partial charge in [-0.25, -0.2) is 0 Å². The monoisotopic (exact) mass is 314 g/mol. The van der Waals surface area contributed by atoms with Crippen molar-refractivity contribution < 1.29 is 4.79 Å². The van der Waals surface area contributed by atoms with Crippen LogP contribution in [-0.4, -0.2) is 12.1 Å². The lowest BCUT2D eigenvalue weighted by Crippen LogP contribution is -2.11. The van der Waals surface area contributed by atoms with Gasteiger partial charge in [0.2, 0.25) is 0 Å². The first-order valence-electron chi connectivity index (χ1n) is 7.78. The molecule has 1 amide bonds. The molecule has 3 heteroatoms. The van der Waals surface area contributed by atoms with Crippen molar-refractivity contribution in [1.82, 2.24) is 0 Å². The first kappa shape index (κ1) is 15.7. The molecule has 0 bridgehead atoms. The van der Waals surface area contributed by atoms with Crippen molar-refractivity contribution in [2.24, 2.45) is 4.99 Å². The van der Waals surface area contributed by atoms with Crippen LogP contribution in [0.5, 0.6) is 0 Å². The lowest BCUT2D eigenvalue weighted by molar-refractivity contribution is 0.102. The molecule has 3 nitrogen and oxygen atoms in total. The average molecular weight is 314 g/mol. The van der Waals surface area contributed by atoms with Gasteiger partial charge in [-0.2, -0.15) is 0 Å². The van der Waals surface area contributed by atoms with E-state index in [4.69, 9.17) is 0 Å². The fraction of sp³-hybridized carbons (Fsp3) is 0.0476. The van der Waals surface area contributed by atoms with Gasteiger partial charge in [-0.15, -0.1) is 0 Å². The van der Waals surface area contributed by atoms with Crippen molar-refractivity contribution in [2.75, 3.05) is 5.32 Å². The number of nitrogens with one attached hydrogen (secondary N) is 1. The van der Waals surface area contributed by atoms with Gasteiger partial charge in [0.1, 0.15) is 0 Å². The molecule has 118 valence electrons. The Labute approximate surface area is 141 Å². The molecule has 0 fully saturated rings. The molecule has 3 aromatic rings. The summed E-state index contributed by atoms with van der Waals surface area (Å²) in [5, 5.41) is 2.89. The molecule has 0 heterocycles. The quantitative estimate of drug-likeness (QED) is 0.677. The predicted octanol–water partition coefficient (Wildman–Crippen LogP) is 5.00. The van der Waals surface area contributed by atoms with E-state index in [1.165, 1.54) is 5.56 Å².